The molecule has 2 rings (SSSR count). The Kier molecular flexibility index (Phi) is 6.01. The number of hydrogen-bond acceptors (Lipinski definition) is 5. The Morgan fingerprint density at radius 3 is 2.46 bits per heavy atom. The van der Waals surface area contributed by atoms with Crippen molar-refractivity contribution in [1.82, 2.24) is 5.43 Å². The number of aryl methyl sites for hydroxylation is 1. The van der Waals surface area contributed by atoms with E-state index in [0.717, 1.165) is 12.0 Å². The minimum atomic E-state index is -0.475. The molecule has 0 atom stereocenters. The number of phenols is 1. The van der Waals surface area contributed by atoms with Gasteiger partial charge in [-0.2, -0.15) is 5.10 Å². The highest BCUT2D eigenvalue weighted by atomic mass is 16.6. The minimum Gasteiger partial charge on any atom is -0.508 e. The number of phenolic OH excluding ortho intramolecular Hbond substituents is 1. The second kappa shape index (κ2) is 8.42. The summed E-state index contributed by atoms with van der Waals surface area (Å²) in [7, 11) is 0. The zero-order chi connectivity index (χ0) is 17.4. The van der Waals surface area contributed by atoms with Gasteiger partial charge in [-0.3, -0.25) is 14.9 Å². The van der Waals surface area contributed by atoms with E-state index >= 15 is 0 Å². The van der Waals surface area contributed by atoms with Crippen LogP contribution in [-0.4, -0.2) is 22.2 Å². The molecule has 0 saturated heterocycles. The molecule has 0 spiro atoms. The van der Waals surface area contributed by atoms with Gasteiger partial charge in [0.05, 0.1) is 11.1 Å². The molecule has 0 fully saturated rings. The maximum absolute atomic E-state index is 11.7. The van der Waals surface area contributed by atoms with Crippen molar-refractivity contribution in [3.8, 4) is 5.75 Å². The molecule has 0 aliphatic rings. The van der Waals surface area contributed by atoms with Crippen molar-refractivity contribution < 1.29 is 14.8 Å². The molecule has 7 heteroatoms. The molecule has 0 radical (unpaired) electrons. The van der Waals surface area contributed by atoms with Crippen LogP contribution in [0.4, 0.5) is 5.69 Å². The number of benzene rings is 2. The lowest BCUT2D eigenvalue weighted by Gasteiger charge is -2.02. The molecule has 7 nitrogen and oxygen atoms in total. The van der Waals surface area contributed by atoms with Gasteiger partial charge >= 0.3 is 0 Å². The molecule has 24 heavy (non-hydrogen) atoms. The van der Waals surface area contributed by atoms with E-state index in [1.54, 1.807) is 24.3 Å². The number of nitro benzene ring substituents is 1. The molecule has 1 amide bonds. The van der Waals surface area contributed by atoms with Crippen LogP contribution in [0.2, 0.25) is 0 Å². The van der Waals surface area contributed by atoms with Crippen LogP contribution in [0.5, 0.6) is 5.75 Å². The first-order valence-electron chi connectivity index (χ1n) is 7.39. The molecule has 0 heterocycles. The normalized spacial score (nSPS) is 10.7. The Hall–Kier alpha value is -3.22. The largest absolute Gasteiger partial charge is 0.508 e. The van der Waals surface area contributed by atoms with Crippen molar-refractivity contribution in [1.29, 1.82) is 0 Å². The minimum absolute atomic E-state index is 0.00502. The first kappa shape index (κ1) is 17.1. The van der Waals surface area contributed by atoms with Crippen LogP contribution in [0.15, 0.2) is 53.6 Å². The average molecular weight is 327 g/mol. The zero-order valence-electron chi connectivity index (χ0n) is 12.9. The smallest absolute Gasteiger partial charge is 0.269 e. The van der Waals surface area contributed by atoms with Gasteiger partial charge in [0.25, 0.3) is 5.69 Å². The molecule has 0 saturated carbocycles. The molecule has 124 valence electrons. The van der Waals surface area contributed by atoms with Crippen LogP contribution in [0, 0.1) is 10.1 Å². The summed E-state index contributed by atoms with van der Waals surface area (Å²) >= 11 is 0. The summed E-state index contributed by atoms with van der Waals surface area (Å²) in [5.41, 5.74) is 4.13. The van der Waals surface area contributed by atoms with Crippen molar-refractivity contribution in [3.63, 3.8) is 0 Å². The number of carbonyl (C=O) groups is 1. The van der Waals surface area contributed by atoms with Gasteiger partial charge in [-0.1, -0.05) is 12.1 Å². The molecule has 2 aromatic rings. The molecule has 0 bridgehead atoms. The molecule has 0 aliphatic carbocycles. The van der Waals surface area contributed by atoms with Crippen LogP contribution >= 0.6 is 0 Å². The molecule has 0 unspecified atom stereocenters. The summed E-state index contributed by atoms with van der Waals surface area (Å²) in [6.45, 7) is 0. The lowest BCUT2D eigenvalue weighted by molar-refractivity contribution is -0.384. The summed E-state index contributed by atoms with van der Waals surface area (Å²) in [6, 6.07) is 12.7. The van der Waals surface area contributed by atoms with E-state index in [2.05, 4.69) is 10.5 Å². The Morgan fingerprint density at radius 2 is 1.83 bits per heavy atom. The van der Waals surface area contributed by atoms with Gasteiger partial charge in [0, 0.05) is 18.6 Å². The Morgan fingerprint density at radius 1 is 1.17 bits per heavy atom. The van der Waals surface area contributed by atoms with Crippen molar-refractivity contribution >= 4 is 17.8 Å². The van der Waals surface area contributed by atoms with Crippen molar-refractivity contribution in [2.75, 3.05) is 0 Å². The van der Waals surface area contributed by atoms with Crippen LogP contribution in [0.25, 0.3) is 0 Å². The van der Waals surface area contributed by atoms with Gasteiger partial charge in [-0.15, -0.1) is 0 Å². The number of hydrazone groups is 1. The standard InChI is InChI=1S/C17H17N3O4/c21-16-10-6-13(7-11-16)2-1-3-17(22)19-18-12-14-4-8-15(9-5-14)20(23)24/h4-12,21H,1-3H2,(H,19,22). The van der Waals surface area contributed by atoms with E-state index in [1.807, 2.05) is 12.1 Å². The monoisotopic (exact) mass is 327 g/mol. The number of nitrogens with one attached hydrogen (secondary N) is 1. The van der Waals surface area contributed by atoms with Gasteiger partial charge in [0.2, 0.25) is 5.91 Å². The van der Waals surface area contributed by atoms with E-state index in [-0.39, 0.29) is 17.3 Å². The SMILES string of the molecule is O=C(CCCc1ccc(O)cc1)NN=Cc1ccc([N+](=O)[O-])cc1. The van der Waals surface area contributed by atoms with Gasteiger partial charge in [-0.05, 0) is 48.2 Å². The molecule has 2 N–H and O–H groups in total. The fraction of sp³-hybridized carbons (Fsp3) is 0.176. The molecular formula is C17H17N3O4. The van der Waals surface area contributed by atoms with E-state index in [9.17, 15) is 20.0 Å². The van der Waals surface area contributed by atoms with E-state index in [4.69, 9.17) is 0 Å². The van der Waals surface area contributed by atoms with E-state index in [1.165, 1.54) is 18.3 Å². The lowest BCUT2D eigenvalue weighted by Crippen LogP contribution is -2.17. The molecule has 2 aromatic carbocycles. The first-order chi connectivity index (χ1) is 11.5. The van der Waals surface area contributed by atoms with Crippen molar-refractivity contribution in [2.45, 2.75) is 19.3 Å². The van der Waals surface area contributed by atoms with Crippen LogP contribution in [0.1, 0.15) is 24.0 Å². The van der Waals surface area contributed by atoms with Crippen molar-refractivity contribution in [2.24, 2.45) is 5.10 Å². The Bertz CT molecular complexity index is 725. The second-order valence-corrected chi connectivity index (χ2v) is 5.16. The lowest BCUT2D eigenvalue weighted by atomic mass is 10.1. The predicted molar refractivity (Wildman–Crippen MR) is 89.9 cm³/mol. The van der Waals surface area contributed by atoms with Crippen LogP contribution in [0.3, 0.4) is 0 Å². The Balaban J connectivity index is 1.72. The third kappa shape index (κ3) is 5.53. The van der Waals surface area contributed by atoms with Crippen LogP contribution in [-0.2, 0) is 11.2 Å². The fourth-order valence-corrected chi connectivity index (χ4v) is 2.03. The summed E-state index contributed by atoms with van der Waals surface area (Å²) in [6.07, 6.45) is 3.17. The number of carbonyl (C=O) groups excluding carboxylic acids is 1. The van der Waals surface area contributed by atoms with Gasteiger partial charge in [0.15, 0.2) is 0 Å². The summed E-state index contributed by atoms with van der Waals surface area (Å²) in [5, 5.41) is 23.6. The second-order valence-electron chi connectivity index (χ2n) is 5.16. The van der Waals surface area contributed by atoms with E-state index < -0.39 is 4.92 Å². The Labute approximate surface area is 138 Å². The molecule has 0 aromatic heterocycles. The average Bonchev–Trinajstić information content (AvgIpc) is 2.57. The number of nitrogens with zero attached hydrogens (tertiary/aromatic N) is 2. The molecule has 0 aliphatic heterocycles. The number of non-ortho nitro benzene ring substituents is 1. The summed E-state index contributed by atoms with van der Waals surface area (Å²) < 4.78 is 0. The number of amides is 1. The number of rotatable bonds is 7. The fourth-order valence-electron chi connectivity index (χ4n) is 2.03. The maximum Gasteiger partial charge on any atom is 0.269 e. The predicted octanol–water partition coefficient (Wildman–Crippen LogP) is 2.77. The first-order valence-corrected chi connectivity index (χ1v) is 7.39. The third-order valence-electron chi connectivity index (χ3n) is 3.31. The summed E-state index contributed by atoms with van der Waals surface area (Å²) in [5.74, 6) is 0.0176. The van der Waals surface area contributed by atoms with Gasteiger partial charge in [-0.25, -0.2) is 5.43 Å². The van der Waals surface area contributed by atoms with Gasteiger partial charge in [0.1, 0.15) is 5.75 Å². The highest BCUT2D eigenvalue weighted by Gasteiger charge is 2.03. The van der Waals surface area contributed by atoms with Crippen LogP contribution < -0.4 is 5.43 Å². The van der Waals surface area contributed by atoms with Gasteiger partial charge < -0.3 is 5.11 Å². The topological polar surface area (TPSA) is 105 Å². The number of hydrogen-bond donors (Lipinski definition) is 2. The highest BCUT2D eigenvalue weighted by molar-refractivity contribution is 5.82. The number of nitro groups is 1. The number of aromatic hydroxyl groups is 1. The molecular weight excluding hydrogens is 310 g/mol. The summed E-state index contributed by atoms with van der Waals surface area (Å²) in [4.78, 5) is 21.7. The van der Waals surface area contributed by atoms with E-state index in [0.29, 0.717) is 18.4 Å². The van der Waals surface area contributed by atoms with Crippen molar-refractivity contribution in [3.05, 3.63) is 69.8 Å². The quantitative estimate of drug-likeness (QED) is 0.463. The zero-order valence-corrected chi connectivity index (χ0v) is 12.9. The third-order valence-corrected chi connectivity index (χ3v) is 3.31. The highest BCUT2D eigenvalue weighted by Crippen LogP contribution is 2.12. The maximum atomic E-state index is 11.7.